The fourth-order valence-corrected chi connectivity index (χ4v) is 2.83. The van der Waals surface area contributed by atoms with Crippen LogP contribution in [0.5, 0.6) is 0 Å². The molecule has 0 amide bonds. The van der Waals surface area contributed by atoms with Crippen LogP contribution >= 0.6 is 11.3 Å². The molecule has 3 aromatic rings. The first-order valence-corrected chi connectivity index (χ1v) is 5.93. The summed E-state index contributed by atoms with van der Waals surface area (Å²) in [5.41, 5.74) is 7.80. The highest BCUT2D eigenvalue weighted by Gasteiger charge is 2.15. The molecule has 0 saturated heterocycles. The molecule has 82 valence electrons. The van der Waals surface area contributed by atoms with Crippen LogP contribution in [-0.4, -0.2) is 0 Å². The molecular weight excluding hydrogens is 232 g/mol. The molecule has 0 aliphatic carbocycles. The van der Waals surface area contributed by atoms with E-state index in [4.69, 9.17) is 15.4 Å². The van der Waals surface area contributed by atoms with Gasteiger partial charge in [-0.3, -0.25) is 0 Å². The first-order chi connectivity index (χ1) is 8.31. The Morgan fingerprint density at radius 3 is 2.88 bits per heavy atom. The molecule has 2 N–H and O–H groups in total. The van der Waals surface area contributed by atoms with Gasteiger partial charge in [-0.1, -0.05) is 18.2 Å². The first-order valence-electron chi connectivity index (χ1n) is 5.05. The largest absolute Gasteiger partial charge is 0.447 e. The average molecular weight is 240 g/mol. The number of nitriles is 1. The third kappa shape index (κ3) is 1.41. The Hall–Kier alpha value is -2.25. The van der Waals surface area contributed by atoms with E-state index in [9.17, 15) is 0 Å². The van der Waals surface area contributed by atoms with E-state index in [0.717, 1.165) is 16.5 Å². The van der Waals surface area contributed by atoms with Crippen molar-refractivity contribution in [3.63, 3.8) is 0 Å². The highest BCUT2D eigenvalue weighted by molar-refractivity contribution is 7.17. The third-order valence-corrected chi connectivity index (χ3v) is 3.67. The van der Waals surface area contributed by atoms with Gasteiger partial charge in [0.2, 0.25) is 5.88 Å². The standard InChI is InChI=1S/C13H8N2OS/c14-5-9-10(6-16-13(9)15)11-7-17-12-4-2-1-3-8(11)12/h1-4,6-7H,15H2. The molecule has 1 aromatic carbocycles. The number of benzene rings is 1. The molecule has 0 aliphatic rings. The second-order valence-corrected chi connectivity index (χ2v) is 4.56. The van der Waals surface area contributed by atoms with Crippen molar-refractivity contribution in [2.24, 2.45) is 0 Å². The zero-order chi connectivity index (χ0) is 11.8. The van der Waals surface area contributed by atoms with E-state index in [2.05, 4.69) is 12.1 Å². The maximum absolute atomic E-state index is 9.07. The molecule has 0 fully saturated rings. The molecule has 0 radical (unpaired) electrons. The van der Waals surface area contributed by atoms with Gasteiger partial charge in [0.25, 0.3) is 0 Å². The number of rotatable bonds is 1. The molecule has 0 unspecified atom stereocenters. The summed E-state index contributed by atoms with van der Waals surface area (Å²) in [5.74, 6) is 0.179. The minimum Gasteiger partial charge on any atom is -0.447 e. The smallest absolute Gasteiger partial charge is 0.208 e. The lowest BCUT2D eigenvalue weighted by atomic mass is 10.0. The van der Waals surface area contributed by atoms with E-state index in [-0.39, 0.29) is 5.88 Å². The fourth-order valence-electron chi connectivity index (χ4n) is 1.87. The fraction of sp³-hybridized carbons (Fsp3) is 0. The predicted molar refractivity (Wildman–Crippen MR) is 68.7 cm³/mol. The predicted octanol–water partition coefficient (Wildman–Crippen LogP) is 3.62. The van der Waals surface area contributed by atoms with Crippen LogP contribution in [0.1, 0.15) is 5.56 Å². The molecule has 2 heterocycles. The van der Waals surface area contributed by atoms with Crippen molar-refractivity contribution in [1.82, 2.24) is 0 Å². The Bertz CT molecular complexity index is 733. The minimum absolute atomic E-state index is 0.179. The number of furan rings is 1. The van der Waals surface area contributed by atoms with Crippen molar-refractivity contribution in [1.29, 1.82) is 5.26 Å². The summed E-state index contributed by atoms with van der Waals surface area (Å²) in [7, 11) is 0. The highest BCUT2D eigenvalue weighted by atomic mass is 32.1. The lowest BCUT2D eigenvalue weighted by molar-refractivity contribution is 0.588. The van der Waals surface area contributed by atoms with Gasteiger partial charge in [-0.2, -0.15) is 5.26 Å². The van der Waals surface area contributed by atoms with Gasteiger partial charge in [-0.25, -0.2) is 0 Å². The average Bonchev–Trinajstić information content (AvgIpc) is 2.92. The second kappa shape index (κ2) is 3.65. The highest BCUT2D eigenvalue weighted by Crippen LogP contribution is 2.37. The number of anilines is 1. The van der Waals surface area contributed by atoms with Gasteiger partial charge in [0.15, 0.2) is 0 Å². The number of hydrogen-bond donors (Lipinski definition) is 1. The van der Waals surface area contributed by atoms with Gasteiger partial charge < -0.3 is 10.2 Å². The number of hydrogen-bond acceptors (Lipinski definition) is 4. The second-order valence-electron chi connectivity index (χ2n) is 3.65. The number of nitrogens with two attached hydrogens (primary N) is 1. The van der Waals surface area contributed by atoms with E-state index in [1.165, 1.54) is 4.70 Å². The SMILES string of the molecule is N#Cc1c(-c2csc3ccccc23)coc1N. The topological polar surface area (TPSA) is 63.0 Å². The quantitative estimate of drug-likeness (QED) is 0.706. The van der Waals surface area contributed by atoms with E-state index >= 15 is 0 Å². The zero-order valence-electron chi connectivity index (χ0n) is 8.81. The summed E-state index contributed by atoms with van der Waals surface area (Å²) in [6, 6.07) is 10.1. The summed E-state index contributed by atoms with van der Waals surface area (Å²) < 4.78 is 6.31. The van der Waals surface area contributed by atoms with E-state index in [0.29, 0.717) is 5.56 Å². The number of fused-ring (bicyclic) bond motifs is 1. The number of nitrogens with zero attached hydrogens (tertiary/aromatic N) is 1. The van der Waals surface area contributed by atoms with Crippen molar-refractivity contribution >= 4 is 27.3 Å². The van der Waals surface area contributed by atoms with Crippen LogP contribution in [0.15, 0.2) is 40.3 Å². The van der Waals surface area contributed by atoms with Crippen molar-refractivity contribution < 1.29 is 4.42 Å². The molecule has 0 atom stereocenters. The summed E-state index contributed by atoms with van der Waals surface area (Å²) in [4.78, 5) is 0. The van der Waals surface area contributed by atoms with Crippen LogP contribution in [0.3, 0.4) is 0 Å². The Balaban J connectivity index is 2.32. The molecular formula is C13H8N2OS. The summed E-state index contributed by atoms with van der Waals surface area (Å²) >= 11 is 1.65. The van der Waals surface area contributed by atoms with Crippen LogP contribution in [0.2, 0.25) is 0 Å². The maximum atomic E-state index is 9.07. The van der Waals surface area contributed by atoms with E-state index in [1.54, 1.807) is 17.6 Å². The monoisotopic (exact) mass is 240 g/mol. The Kier molecular flexibility index (Phi) is 2.13. The number of nitrogen functional groups attached to an aromatic ring is 1. The van der Waals surface area contributed by atoms with Crippen LogP contribution in [0.4, 0.5) is 5.88 Å². The van der Waals surface area contributed by atoms with Gasteiger partial charge in [0, 0.05) is 21.2 Å². The van der Waals surface area contributed by atoms with Crippen LogP contribution < -0.4 is 5.73 Å². The summed E-state index contributed by atoms with van der Waals surface area (Å²) in [5, 5.41) is 12.2. The third-order valence-electron chi connectivity index (χ3n) is 2.70. The summed E-state index contributed by atoms with van der Waals surface area (Å²) in [6.45, 7) is 0. The van der Waals surface area contributed by atoms with Crippen LogP contribution in [0, 0.1) is 11.3 Å². The molecule has 17 heavy (non-hydrogen) atoms. The first kappa shape index (κ1) is 9.94. The lowest BCUT2D eigenvalue weighted by Gasteiger charge is -1.95. The van der Waals surface area contributed by atoms with Gasteiger partial charge in [-0.05, 0) is 11.4 Å². The molecule has 3 rings (SSSR count). The Labute approximate surface area is 102 Å². The van der Waals surface area contributed by atoms with Crippen LogP contribution in [0.25, 0.3) is 21.2 Å². The van der Waals surface area contributed by atoms with Crippen molar-refractivity contribution in [2.75, 3.05) is 5.73 Å². The van der Waals surface area contributed by atoms with E-state index in [1.807, 2.05) is 23.6 Å². The minimum atomic E-state index is 0.179. The van der Waals surface area contributed by atoms with E-state index < -0.39 is 0 Å². The molecule has 3 nitrogen and oxygen atoms in total. The normalized spacial score (nSPS) is 10.5. The maximum Gasteiger partial charge on any atom is 0.208 e. The van der Waals surface area contributed by atoms with Gasteiger partial charge in [-0.15, -0.1) is 11.3 Å². The van der Waals surface area contributed by atoms with Crippen molar-refractivity contribution in [3.05, 3.63) is 41.5 Å². The van der Waals surface area contributed by atoms with Crippen LogP contribution in [-0.2, 0) is 0 Å². The zero-order valence-corrected chi connectivity index (χ0v) is 9.62. The summed E-state index contributed by atoms with van der Waals surface area (Å²) in [6.07, 6.45) is 1.54. The van der Waals surface area contributed by atoms with Gasteiger partial charge in [0.1, 0.15) is 17.9 Å². The molecule has 4 heteroatoms. The number of thiophene rings is 1. The van der Waals surface area contributed by atoms with Crippen molar-refractivity contribution in [3.8, 4) is 17.2 Å². The van der Waals surface area contributed by atoms with Gasteiger partial charge in [0.05, 0.1) is 0 Å². The Morgan fingerprint density at radius 1 is 1.24 bits per heavy atom. The van der Waals surface area contributed by atoms with Crippen molar-refractivity contribution in [2.45, 2.75) is 0 Å². The molecule has 2 aromatic heterocycles. The molecule has 0 spiro atoms. The lowest BCUT2D eigenvalue weighted by Crippen LogP contribution is -1.85. The molecule has 0 aliphatic heterocycles. The van der Waals surface area contributed by atoms with Gasteiger partial charge >= 0.3 is 0 Å². The Morgan fingerprint density at radius 2 is 2.06 bits per heavy atom. The molecule has 0 saturated carbocycles. The molecule has 0 bridgehead atoms.